The number of rotatable bonds is 3. The summed E-state index contributed by atoms with van der Waals surface area (Å²) < 4.78 is 0.431. The van der Waals surface area contributed by atoms with E-state index >= 15 is 0 Å². The van der Waals surface area contributed by atoms with Gasteiger partial charge in [-0.3, -0.25) is 4.79 Å². The van der Waals surface area contributed by atoms with E-state index in [0.717, 1.165) is 16.8 Å². The zero-order valence-corrected chi connectivity index (χ0v) is 16.1. The summed E-state index contributed by atoms with van der Waals surface area (Å²) in [6, 6.07) is 19.3. The third-order valence-electron chi connectivity index (χ3n) is 4.37. The Labute approximate surface area is 165 Å². The predicted octanol–water partition coefficient (Wildman–Crippen LogP) is 4.68. The lowest BCUT2D eigenvalue weighted by Crippen LogP contribution is -2.32. The van der Waals surface area contributed by atoms with Crippen LogP contribution in [-0.4, -0.2) is 16.5 Å². The fourth-order valence-corrected chi connectivity index (χ4v) is 4.20. The number of hydrogen-bond donors (Lipinski definition) is 1. The summed E-state index contributed by atoms with van der Waals surface area (Å²) in [6.07, 6.45) is 0. The number of benzene rings is 2. The van der Waals surface area contributed by atoms with Crippen LogP contribution in [0.3, 0.4) is 0 Å². The van der Waals surface area contributed by atoms with Crippen LogP contribution in [-0.2, 0) is 4.79 Å². The van der Waals surface area contributed by atoms with Crippen molar-refractivity contribution in [3.8, 4) is 0 Å². The Hall–Kier alpha value is -2.90. The maximum atomic E-state index is 12.5. The van der Waals surface area contributed by atoms with E-state index < -0.39 is 0 Å². The van der Waals surface area contributed by atoms with Gasteiger partial charge in [-0.1, -0.05) is 59.9 Å². The number of ketones is 1. The Morgan fingerprint density at radius 2 is 1.74 bits per heavy atom. The van der Waals surface area contributed by atoms with Crippen molar-refractivity contribution < 1.29 is 4.79 Å². The summed E-state index contributed by atoms with van der Waals surface area (Å²) >= 11 is 6.55. The molecule has 0 bridgehead atoms. The van der Waals surface area contributed by atoms with Crippen molar-refractivity contribution in [1.29, 1.82) is 0 Å². The number of Topliss-reactive ketones (excluding diaryl/α,β-unsaturated/α-hetero) is 1. The molecular formula is C20H16N4OS2. The van der Waals surface area contributed by atoms with E-state index in [1.165, 1.54) is 18.3 Å². The van der Waals surface area contributed by atoms with E-state index in [1.54, 1.807) is 5.01 Å². The molecule has 1 unspecified atom stereocenters. The molecule has 134 valence electrons. The maximum Gasteiger partial charge on any atom is 0.184 e. The number of aromatic nitrogens is 1. The highest BCUT2D eigenvalue weighted by Crippen LogP contribution is 2.44. The molecule has 0 saturated carbocycles. The van der Waals surface area contributed by atoms with Crippen molar-refractivity contribution in [3.63, 3.8) is 0 Å². The minimum Gasteiger partial charge on any atom is -0.390 e. The van der Waals surface area contributed by atoms with Crippen LogP contribution in [0.4, 0.5) is 16.5 Å². The number of fused-ring (bicyclic) bond motifs is 1. The van der Waals surface area contributed by atoms with Gasteiger partial charge in [0.05, 0.1) is 16.6 Å². The van der Waals surface area contributed by atoms with Gasteiger partial charge in [-0.15, -0.1) is 0 Å². The lowest BCUT2D eigenvalue weighted by Gasteiger charge is -2.32. The van der Waals surface area contributed by atoms with Crippen molar-refractivity contribution in [3.05, 3.63) is 75.7 Å². The summed E-state index contributed by atoms with van der Waals surface area (Å²) in [4.78, 5) is 17.1. The number of hydrogen-bond acceptors (Lipinski definition) is 7. The molecule has 2 aromatic carbocycles. The lowest BCUT2D eigenvalue weighted by atomic mass is 9.85. The largest absolute Gasteiger partial charge is 0.390 e. The van der Waals surface area contributed by atoms with E-state index in [2.05, 4.69) is 10.1 Å². The Bertz CT molecular complexity index is 1090. The Kier molecular flexibility index (Phi) is 4.55. The third kappa shape index (κ3) is 3.15. The number of para-hydroxylation sites is 1. The van der Waals surface area contributed by atoms with Crippen molar-refractivity contribution in [2.75, 3.05) is 10.7 Å². The van der Waals surface area contributed by atoms with Gasteiger partial charge in [-0.25, -0.2) is 9.99 Å². The number of carbonyl (C=O) groups excluding carboxylic acids is 1. The Morgan fingerprint density at radius 1 is 1.11 bits per heavy atom. The molecule has 5 nitrogen and oxygen atoms in total. The van der Waals surface area contributed by atoms with E-state index in [4.69, 9.17) is 18.0 Å². The number of nitrogens with zero attached hydrogens (tertiary/aromatic N) is 3. The summed E-state index contributed by atoms with van der Waals surface area (Å²) in [5.41, 5.74) is 9.32. The van der Waals surface area contributed by atoms with Gasteiger partial charge in [0.2, 0.25) is 0 Å². The van der Waals surface area contributed by atoms with Crippen LogP contribution in [0.2, 0.25) is 0 Å². The molecule has 0 amide bonds. The quantitative estimate of drug-likeness (QED) is 0.655. The van der Waals surface area contributed by atoms with Crippen LogP contribution >= 0.6 is 23.6 Å². The monoisotopic (exact) mass is 392 g/mol. The van der Waals surface area contributed by atoms with Crippen LogP contribution in [0, 0.1) is 3.95 Å². The molecule has 0 aliphatic carbocycles. The van der Waals surface area contributed by atoms with Crippen molar-refractivity contribution in [2.24, 2.45) is 5.10 Å². The van der Waals surface area contributed by atoms with Gasteiger partial charge in [-0.05, 0) is 29.9 Å². The van der Waals surface area contributed by atoms with Crippen LogP contribution in [0.5, 0.6) is 0 Å². The minimum atomic E-state index is -0.377. The van der Waals surface area contributed by atoms with Crippen LogP contribution in [0.1, 0.15) is 24.0 Å². The predicted molar refractivity (Wildman–Crippen MR) is 112 cm³/mol. The van der Waals surface area contributed by atoms with Gasteiger partial charge in [0.25, 0.3) is 0 Å². The molecule has 7 heteroatoms. The molecular weight excluding hydrogens is 376 g/mol. The van der Waals surface area contributed by atoms with Gasteiger partial charge >= 0.3 is 0 Å². The highest BCUT2D eigenvalue weighted by Gasteiger charge is 2.36. The van der Waals surface area contributed by atoms with E-state index in [9.17, 15) is 4.79 Å². The van der Waals surface area contributed by atoms with Crippen molar-refractivity contribution >= 4 is 51.6 Å². The number of hydrazone groups is 1. The van der Waals surface area contributed by atoms with Gasteiger partial charge in [0.1, 0.15) is 5.71 Å². The molecule has 0 spiro atoms. The topological polar surface area (TPSA) is 71.6 Å². The molecule has 2 heterocycles. The summed E-state index contributed by atoms with van der Waals surface area (Å²) in [7, 11) is 0. The number of nitrogen functional groups attached to an aromatic ring is 1. The average molecular weight is 393 g/mol. The Morgan fingerprint density at radius 3 is 2.37 bits per heavy atom. The lowest BCUT2D eigenvalue weighted by molar-refractivity contribution is -0.111. The highest BCUT2D eigenvalue weighted by atomic mass is 32.1. The second-order valence-electron chi connectivity index (χ2n) is 6.11. The zero-order valence-electron chi connectivity index (χ0n) is 14.5. The SMILES string of the molecule is CC(=O)C1=NN(c2ccccc2)c2nc(=S)sc(N)c2C1c1ccccc1. The molecule has 1 atom stereocenters. The fraction of sp³-hybridized carbons (Fsp3) is 0.100. The van der Waals surface area contributed by atoms with E-state index in [1.807, 2.05) is 60.7 Å². The number of anilines is 3. The van der Waals surface area contributed by atoms with Crippen LogP contribution in [0.25, 0.3) is 0 Å². The van der Waals surface area contributed by atoms with E-state index in [0.29, 0.717) is 20.5 Å². The number of nitrogens with two attached hydrogens (primary N) is 1. The molecule has 1 aliphatic rings. The third-order valence-corrected chi connectivity index (χ3v) is 5.41. The normalized spacial score (nSPS) is 15.8. The summed E-state index contributed by atoms with van der Waals surface area (Å²) in [6.45, 7) is 1.53. The first-order valence-electron chi connectivity index (χ1n) is 8.36. The molecule has 0 fully saturated rings. The second-order valence-corrected chi connectivity index (χ2v) is 7.79. The Balaban J connectivity index is 2.03. The van der Waals surface area contributed by atoms with Crippen LogP contribution < -0.4 is 10.7 Å². The zero-order chi connectivity index (χ0) is 19.0. The van der Waals surface area contributed by atoms with Crippen molar-refractivity contribution in [2.45, 2.75) is 12.8 Å². The smallest absolute Gasteiger partial charge is 0.184 e. The molecule has 27 heavy (non-hydrogen) atoms. The molecule has 3 aromatic rings. The molecule has 1 aromatic heterocycles. The van der Waals surface area contributed by atoms with Crippen molar-refractivity contribution in [1.82, 2.24) is 4.98 Å². The standard InChI is InChI=1S/C20H16N4OS2/c1-12(25)17-15(13-8-4-2-5-9-13)16-18(21)27-20(26)22-19(16)24(23-17)14-10-6-3-7-11-14/h2-11,15H,21H2,1H3. The second kappa shape index (κ2) is 7.02. The fourth-order valence-electron chi connectivity index (χ4n) is 3.20. The molecule has 1 aliphatic heterocycles. The summed E-state index contributed by atoms with van der Waals surface area (Å²) in [5, 5.41) is 6.88. The maximum absolute atomic E-state index is 12.5. The van der Waals surface area contributed by atoms with Gasteiger partial charge in [-0.2, -0.15) is 5.10 Å². The molecule has 0 saturated heterocycles. The van der Waals surface area contributed by atoms with Gasteiger partial charge < -0.3 is 5.73 Å². The first kappa shape index (κ1) is 17.5. The first-order valence-corrected chi connectivity index (χ1v) is 9.59. The summed E-state index contributed by atoms with van der Waals surface area (Å²) in [5.74, 6) is 0.0848. The van der Waals surface area contributed by atoms with Gasteiger partial charge in [0.15, 0.2) is 15.6 Å². The van der Waals surface area contributed by atoms with Gasteiger partial charge in [0, 0.05) is 12.5 Å². The molecule has 4 rings (SSSR count). The first-order chi connectivity index (χ1) is 13.1. The molecule has 0 radical (unpaired) electrons. The minimum absolute atomic E-state index is 0.109. The highest BCUT2D eigenvalue weighted by molar-refractivity contribution is 7.73. The van der Waals surface area contributed by atoms with Crippen LogP contribution in [0.15, 0.2) is 65.8 Å². The average Bonchev–Trinajstić information content (AvgIpc) is 2.68. The number of carbonyl (C=O) groups is 1. The molecule has 2 N–H and O–H groups in total. The van der Waals surface area contributed by atoms with E-state index in [-0.39, 0.29) is 11.7 Å².